The molecule has 0 saturated heterocycles. The molecule has 2 atom stereocenters. The third-order valence-corrected chi connectivity index (χ3v) is 15.6. The standard InChI is InChI=1S/C71H128NO8P/c1-6-8-10-12-14-16-18-20-22-24-26-27-28-29-30-31-32-33-34-35-36-37-38-39-40-41-42-43-44-45-46-48-50-52-54-56-58-60-62-64-71(74)80-69(68-79-81(75,76)78-66-65-72(3,4)5)67-77-70(73)63-61-59-57-55-53-51-49-47-25-23-21-19-17-15-13-11-9-7-2/h8,10,14,16,20,22,26-27,29-30,32-33,35-36,69H,6-7,9,11-13,15,17-19,21,23-25,28,31,34,37-68H2,1-5H3/b10-8-,16-14-,22-20-,27-26-,30-29-,33-32-,36-35-. The highest BCUT2D eigenvalue weighted by Gasteiger charge is 2.22. The lowest BCUT2D eigenvalue weighted by Gasteiger charge is -2.28. The first-order valence-corrected chi connectivity index (χ1v) is 35.3. The van der Waals surface area contributed by atoms with Gasteiger partial charge in [0.05, 0.1) is 27.7 Å². The van der Waals surface area contributed by atoms with Crippen molar-refractivity contribution in [2.75, 3.05) is 47.5 Å². The van der Waals surface area contributed by atoms with Crippen LogP contribution >= 0.6 is 7.82 Å². The highest BCUT2D eigenvalue weighted by atomic mass is 31.2. The summed E-state index contributed by atoms with van der Waals surface area (Å²) in [6, 6.07) is 0. The Kier molecular flexibility index (Phi) is 59.6. The van der Waals surface area contributed by atoms with Gasteiger partial charge >= 0.3 is 11.9 Å². The van der Waals surface area contributed by atoms with Crippen LogP contribution in [0.1, 0.15) is 303 Å². The lowest BCUT2D eigenvalue weighted by atomic mass is 10.0. The second kappa shape index (κ2) is 61.7. The fraction of sp³-hybridized carbons (Fsp3) is 0.775. The Balaban J connectivity index is 3.98. The summed E-state index contributed by atoms with van der Waals surface area (Å²) in [5, 5.41) is 0. The average Bonchev–Trinajstić information content (AvgIpc) is 3.43. The van der Waals surface area contributed by atoms with Crippen molar-refractivity contribution >= 4 is 19.8 Å². The molecule has 0 N–H and O–H groups in total. The monoisotopic (exact) mass is 1150 g/mol. The molecule has 0 fully saturated rings. The van der Waals surface area contributed by atoms with Crippen LogP contribution < -0.4 is 4.89 Å². The van der Waals surface area contributed by atoms with E-state index >= 15 is 0 Å². The van der Waals surface area contributed by atoms with E-state index in [0.29, 0.717) is 17.4 Å². The Morgan fingerprint density at radius 2 is 0.704 bits per heavy atom. The van der Waals surface area contributed by atoms with Gasteiger partial charge in [0.15, 0.2) is 6.10 Å². The van der Waals surface area contributed by atoms with Crippen molar-refractivity contribution in [1.82, 2.24) is 0 Å². The fourth-order valence-corrected chi connectivity index (χ4v) is 10.3. The number of carbonyl (C=O) groups excluding carboxylic acids is 2. The highest BCUT2D eigenvalue weighted by molar-refractivity contribution is 7.45. The lowest BCUT2D eigenvalue weighted by molar-refractivity contribution is -0.870. The first-order valence-electron chi connectivity index (χ1n) is 33.8. The van der Waals surface area contributed by atoms with Gasteiger partial charge in [-0.3, -0.25) is 14.2 Å². The maximum atomic E-state index is 12.8. The molecule has 0 aliphatic heterocycles. The number of likely N-dealkylation sites (N-methyl/N-ethyl adjacent to an activating group) is 1. The van der Waals surface area contributed by atoms with Crippen LogP contribution in [0.3, 0.4) is 0 Å². The summed E-state index contributed by atoms with van der Waals surface area (Å²) in [7, 11) is 1.18. The molecule has 9 nitrogen and oxygen atoms in total. The zero-order valence-electron chi connectivity index (χ0n) is 53.5. The van der Waals surface area contributed by atoms with Gasteiger partial charge in [-0.2, -0.15) is 0 Å². The molecule has 0 radical (unpaired) electrons. The molecule has 0 heterocycles. The summed E-state index contributed by atoms with van der Waals surface area (Å²) in [5.74, 6) is -0.820. The van der Waals surface area contributed by atoms with Crippen LogP contribution in [0.15, 0.2) is 85.1 Å². The fourth-order valence-electron chi connectivity index (χ4n) is 9.52. The van der Waals surface area contributed by atoms with Gasteiger partial charge in [-0.15, -0.1) is 0 Å². The van der Waals surface area contributed by atoms with Gasteiger partial charge < -0.3 is 27.9 Å². The van der Waals surface area contributed by atoms with Crippen LogP contribution in [0.2, 0.25) is 0 Å². The molecular weight excluding hydrogens is 1030 g/mol. The van der Waals surface area contributed by atoms with Gasteiger partial charge in [0, 0.05) is 12.8 Å². The number of esters is 2. The molecule has 0 rings (SSSR count). The maximum absolute atomic E-state index is 12.8. The summed E-state index contributed by atoms with van der Waals surface area (Å²) in [4.78, 5) is 38.0. The number of nitrogens with zero attached hydrogens (tertiary/aromatic N) is 1. The summed E-state index contributed by atoms with van der Waals surface area (Å²) in [6.45, 7) is 4.17. The molecule has 81 heavy (non-hydrogen) atoms. The molecule has 0 saturated carbocycles. The quantitative estimate of drug-likeness (QED) is 0.0195. The van der Waals surface area contributed by atoms with Gasteiger partial charge in [0.1, 0.15) is 19.8 Å². The second-order valence-corrected chi connectivity index (χ2v) is 25.2. The smallest absolute Gasteiger partial charge is 0.306 e. The van der Waals surface area contributed by atoms with E-state index in [1.54, 1.807) is 0 Å². The van der Waals surface area contributed by atoms with Crippen LogP contribution in [0.4, 0.5) is 0 Å². The van der Waals surface area contributed by atoms with Gasteiger partial charge in [-0.1, -0.05) is 304 Å². The van der Waals surface area contributed by atoms with Crippen molar-refractivity contribution < 1.29 is 42.1 Å². The van der Waals surface area contributed by atoms with E-state index in [9.17, 15) is 19.0 Å². The van der Waals surface area contributed by atoms with Crippen LogP contribution in [0.5, 0.6) is 0 Å². The molecule has 470 valence electrons. The molecule has 0 bridgehead atoms. The Bertz CT molecular complexity index is 1640. The van der Waals surface area contributed by atoms with E-state index in [2.05, 4.69) is 98.9 Å². The van der Waals surface area contributed by atoms with E-state index in [1.165, 1.54) is 186 Å². The number of phosphoric acid groups is 1. The topological polar surface area (TPSA) is 111 Å². The van der Waals surface area contributed by atoms with E-state index in [0.717, 1.165) is 83.5 Å². The Morgan fingerprint density at radius 1 is 0.395 bits per heavy atom. The summed E-state index contributed by atoms with van der Waals surface area (Å²) < 4.78 is 34.3. The van der Waals surface area contributed by atoms with Crippen LogP contribution in [-0.2, 0) is 32.7 Å². The molecule has 0 aromatic carbocycles. The van der Waals surface area contributed by atoms with E-state index in [-0.39, 0.29) is 32.0 Å². The predicted molar refractivity (Wildman–Crippen MR) is 346 cm³/mol. The zero-order chi connectivity index (χ0) is 59.1. The van der Waals surface area contributed by atoms with E-state index < -0.39 is 26.5 Å². The average molecular weight is 1150 g/mol. The molecule has 10 heteroatoms. The highest BCUT2D eigenvalue weighted by Crippen LogP contribution is 2.38. The SMILES string of the molecule is CC/C=C\C/C=C\C/C=C\C/C=C\C/C=C\C/C=C\C/C=C\CCCCCCCCCCCCCCCCCCCC(=O)OC(COC(=O)CCCCCCCCCCCCCCCCCCCC)COP(=O)([O-])OCC[N+](C)(C)C. The van der Waals surface area contributed by atoms with Gasteiger partial charge in [0.2, 0.25) is 0 Å². The molecule has 0 amide bonds. The number of carbonyl (C=O) groups is 2. The first kappa shape index (κ1) is 78.2. The van der Waals surface area contributed by atoms with Crippen LogP contribution in [-0.4, -0.2) is 70.0 Å². The molecule has 0 aliphatic rings. The minimum Gasteiger partial charge on any atom is -0.756 e. The molecule has 0 aromatic heterocycles. The zero-order valence-corrected chi connectivity index (χ0v) is 54.4. The number of hydrogen-bond donors (Lipinski definition) is 0. The Labute approximate surface area is 501 Å². The Hall–Kier alpha value is -2.81. The molecule has 2 unspecified atom stereocenters. The third kappa shape index (κ3) is 66.2. The maximum Gasteiger partial charge on any atom is 0.306 e. The van der Waals surface area contributed by atoms with Crippen molar-refractivity contribution in [2.24, 2.45) is 0 Å². The van der Waals surface area contributed by atoms with E-state index in [1.807, 2.05) is 21.1 Å². The lowest BCUT2D eigenvalue weighted by Crippen LogP contribution is -2.37. The van der Waals surface area contributed by atoms with Crippen LogP contribution in [0, 0.1) is 0 Å². The molecule has 0 aromatic rings. The van der Waals surface area contributed by atoms with Gasteiger partial charge in [-0.05, 0) is 70.6 Å². The van der Waals surface area contributed by atoms with Crippen molar-refractivity contribution in [1.29, 1.82) is 0 Å². The van der Waals surface area contributed by atoms with Crippen molar-refractivity contribution in [3.8, 4) is 0 Å². The van der Waals surface area contributed by atoms with Gasteiger partial charge in [-0.25, -0.2) is 0 Å². The minimum atomic E-state index is -4.64. The van der Waals surface area contributed by atoms with Crippen molar-refractivity contribution in [2.45, 2.75) is 309 Å². The van der Waals surface area contributed by atoms with Gasteiger partial charge in [0.25, 0.3) is 7.82 Å². The number of ether oxygens (including phenoxy) is 2. The van der Waals surface area contributed by atoms with Crippen molar-refractivity contribution in [3.05, 3.63) is 85.1 Å². The minimum absolute atomic E-state index is 0.0303. The number of rotatable bonds is 62. The number of phosphoric ester groups is 1. The summed E-state index contributed by atoms with van der Waals surface area (Å²) in [5.41, 5.74) is 0. The first-order chi connectivity index (χ1) is 39.5. The number of quaternary nitrogens is 1. The molecule has 0 spiro atoms. The number of hydrogen-bond acceptors (Lipinski definition) is 8. The second-order valence-electron chi connectivity index (χ2n) is 23.8. The summed E-state index contributed by atoms with van der Waals surface area (Å²) >= 11 is 0. The third-order valence-electron chi connectivity index (χ3n) is 14.7. The molecular formula is C71H128NO8P. The number of allylic oxidation sites excluding steroid dienone is 14. The summed E-state index contributed by atoms with van der Waals surface area (Å²) in [6.07, 6.45) is 83.7. The molecule has 0 aliphatic carbocycles. The van der Waals surface area contributed by atoms with Crippen molar-refractivity contribution in [3.63, 3.8) is 0 Å². The van der Waals surface area contributed by atoms with E-state index in [4.69, 9.17) is 18.5 Å². The number of unbranched alkanes of at least 4 members (excludes halogenated alkanes) is 34. The largest absolute Gasteiger partial charge is 0.756 e. The van der Waals surface area contributed by atoms with Crippen LogP contribution in [0.25, 0.3) is 0 Å². The normalized spacial score (nSPS) is 13.7. The Morgan fingerprint density at radius 3 is 1.05 bits per heavy atom. The predicted octanol–water partition coefficient (Wildman–Crippen LogP) is 21.1.